The number of anilines is 2. The second-order valence-electron chi connectivity index (χ2n) is 6.22. The van der Waals surface area contributed by atoms with Crippen LogP contribution in [0.5, 0.6) is 0 Å². The SMILES string of the molecule is Cc1csc(NC(=O)c2ccc(NS(=O)(=O)c3ccc4[nH]c(=O)[nH]c4c3)cc2)n1. The Labute approximate surface area is 168 Å². The summed E-state index contributed by atoms with van der Waals surface area (Å²) in [5.41, 5.74) is 1.98. The number of hydrogen-bond donors (Lipinski definition) is 4. The van der Waals surface area contributed by atoms with Crippen molar-refractivity contribution in [3.63, 3.8) is 0 Å². The number of sulfonamides is 1. The summed E-state index contributed by atoms with van der Waals surface area (Å²) in [5, 5.41) is 5.01. The lowest BCUT2D eigenvalue weighted by atomic mass is 10.2. The number of nitrogens with one attached hydrogen (secondary N) is 4. The maximum absolute atomic E-state index is 12.6. The van der Waals surface area contributed by atoms with Crippen LogP contribution in [0.15, 0.2) is 57.5 Å². The summed E-state index contributed by atoms with van der Waals surface area (Å²) in [6.45, 7) is 1.83. The molecule has 0 radical (unpaired) electrons. The minimum absolute atomic E-state index is 0.00112. The highest BCUT2D eigenvalue weighted by molar-refractivity contribution is 7.92. The second kappa shape index (κ2) is 7.18. The van der Waals surface area contributed by atoms with E-state index in [2.05, 4.69) is 25.0 Å². The molecule has 0 saturated carbocycles. The molecule has 0 aliphatic heterocycles. The number of benzene rings is 2. The summed E-state index contributed by atoms with van der Waals surface area (Å²) in [6, 6.07) is 10.3. The largest absolute Gasteiger partial charge is 0.323 e. The number of aromatic nitrogens is 3. The van der Waals surface area contributed by atoms with Gasteiger partial charge < -0.3 is 9.97 Å². The molecule has 0 atom stereocenters. The lowest BCUT2D eigenvalue weighted by Crippen LogP contribution is -2.14. The van der Waals surface area contributed by atoms with Crippen LogP contribution in [0.1, 0.15) is 16.1 Å². The number of hydrogen-bond acceptors (Lipinski definition) is 6. The van der Waals surface area contributed by atoms with Gasteiger partial charge in [0.2, 0.25) is 0 Å². The number of carbonyl (C=O) groups excluding carboxylic acids is 1. The zero-order valence-electron chi connectivity index (χ0n) is 15.0. The Balaban J connectivity index is 1.50. The van der Waals surface area contributed by atoms with E-state index >= 15 is 0 Å². The number of carbonyl (C=O) groups is 1. The molecule has 148 valence electrons. The van der Waals surface area contributed by atoms with Crippen molar-refractivity contribution >= 4 is 49.1 Å². The average Bonchev–Trinajstić information content (AvgIpc) is 3.25. The first kappa shape index (κ1) is 18.9. The van der Waals surface area contributed by atoms with Gasteiger partial charge in [0.05, 0.1) is 21.6 Å². The standard InChI is InChI=1S/C18H15N5O4S2/c1-10-9-28-18(19-10)22-16(24)11-2-4-12(5-3-11)23-29(26,27)13-6-7-14-15(8-13)21-17(25)20-14/h2-9,23H,1H3,(H,19,22,24)(H2,20,21,25). The number of nitrogens with zero attached hydrogens (tertiary/aromatic N) is 1. The Hall–Kier alpha value is -3.44. The third-order valence-corrected chi connectivity index (χ3v) is 6.29. The number of H-pyrrole nitrogens is 2. The first-order valence-electron chi connectivity index (χ1n) is 8.38. The molecule has 0 aliphatic rings. The highest BCUT2D eigenvalue weighted by Crippen LogP contribution is 2.20. The van der Waals surface area contributed by atoms with Crippen LogP contribution < -0.4 is 15.7 Å². The van der Waals surface area contributed by atoms with Gasteiger partial charge in [-0.3, -0.25) is 14.8 Å². The topological polar surface area (TPSA) is 137 Å². The summed E-state index contributed by atoms with van der Waals surface area (Å²) >= 11 is 1.32. The summed E-state index contributed by atoms with van der Waals surface area (Å²) in [5.74, 6) is -0.337. The molecular weight excluding hydrogens is 414 g/mol. The molecule has 4 aromatic rings. The fraction of sp³-hybridized carbons (Fsp3) is 0.0556. The zero-order chi connectivity index (χ0) is 20.6. The van der Waals surface area contributed by atoms with Crippen molar-refractivity contribution in [3.8, 4) is 0 Å². The minimum atomic E-state index is -3.87. The maximum Gasteiger partial charge on any atom is 0.323 e. The number of imidazole rings is 1. The maximum atomic E-state index is 12.6. The van der Waals surface area contributed by atoms with Crippen molar-refractivity contribution in [2.24, 2.45) is 0 Å². The molecule has 0 aliphatic carbocycles. The van der Waals surface area contributed by atoms with Crippen LogP contribution >= 0.6 is 11.3 Å². The molecule has 2 aromatic carbocycles. The number of aryl methyl sites for hydroxylation is 1. The number of aromatic amines is 2. The van der Waals surface area contributed by atoms with Crippen LogP contribution in [0, 0.1) is 6.92 Å². The fourth-order valence-corrected chi connectivity index (χ4v) is 4.43. The molecule has 29 heavy (non-hydrogen) atoms. The van der Waals surface area contributed by atoms with E-state index in [-0.39, 0.29) is 10.8 Å². The van der Waals surface area contributed by atoms with E-state index in [4.69, 9.17) is 0 Å². The number of thiazole rings is 1. The predicted octanol–water partition coefficient (Wildman–Crippen LogP) is 2.67. The highest BCUT2D eigenvalue weighted by Gasteiger charge is 2.16. The second-order valence-corrected chi connectivity index (χ2v) is 8.76. The van der Waals surface area contributed by atoms with Gasteiger partial charge >= 0.3 is 5.69 Å². The Kier molecular flexibility index (Phi) is 4.68. The molecule has 0 spiro atoms. The molecule has 0 unspecified atom stereocenters. The smallest absolute Gasteiger partial charge is 0.306 e. The molecule has 11 heteroatoms. The first-order valence-corrected chi connectivity index (χ1v) is 10.7. The van der Waals surface area contributed by atoms with E-state index in [9.17, 15) is 18.0 Å². The molecule has 2 aromatic heterocycles. The number of fused-ring (bicyclic) bond motifs is 1. The van der Waals surface area contributed by atoms with Crippen molar-refractivity contribution in [2.75, 3.05) is 10.0 Å². The van der Waals surface area contributed by atoms with Crippen molar-refractivity contribution in [1.82, 2.24) is 15.0 Å². The third kappa shape index (κ3) is 4.05. The van der Waals surface area contributed by atoms with E-state index in [0.717, 1.165) is 5.69 Å². The van der Waals surface area contributed by atoms with Gasteiger partial charge in [-0.15, -0.1) is 11.3 Å². The van der Waals surface area contributed by atoms with E-state index in [1.165, 1.54) is 53.8 Å². The Morgan fingerprint density at radius 3 is 2.48 bits per heavy atom. The number of rotatable bonds is 5. The summed E-state index contributed by atoms with van der Waals surface area (Å²) in [7, 11) is -3.87. The molecule has 4 N–H and O–H groups in total. The fourth-order valence-electron chi connectivity index (χ4n) is 2.66. The van der Waals surface area contributed by atoms with Crippen molar-refractivity contribution in [2.45, 2.75) is 11.8 Å². The Bertz CT molecular complexity index is 1370. The molecule has 2 heterocycles. The first-order chi connectivity index (χ1) is 13.8. The van der Waals surface area contributed by atoms with Crippen molar-refractivity contribution in [1.29, 1.82) is 0 Å². The van der Waals surface area contributed by atoms with Crippen molar-refractivity contribution < 1.29 is 13.2 Å². The minimum Gasteiger partial charge on any atom is -0.306 e. The molecule has 0 saturated heterocycles. The van der Waals surface area contributed by atoms with E-state index < -0.39 is 15.7 Å². The molecular formula is C18H15N5O4S2. The average molecular weight is 429 g/mol. The molecule has 0 fully saturated rings. The quantitative estimate of drug-likeness (QED) is 0.387. The van der Waals surface area contributed by atoms with Crippen LogP contribution in [-0.4, -0.2) is 29.3 Å². The van der Waals surface area contributed by atoms with Gasteiger partial charge in [0.1, 0.15) is 0 Å². The van der Waals surface area contributed by atoms with E-state index in [1.54, 1.807) is 0 Å². The van der Waals surface area contributed by atoms with Crippen molar-refractivity contribution in [3.05, 3.63) is 69.6 Å². The van der Waals surface area contributed by atoms with E-state index in [1.807, 2.05) is 12.3 Å². The van der Waals surface area contributed by atoms with Gasteiger partial charge in [0.15, 0.2) is 5.13 Å². The van der Waals surface area contributed by atoms with Gasteiger partial charge in [-0.25, -0.2) is 18.2 Å². The van der Waals surface area contributed by atoms with Crippen LogP contribution in [0.25, 0.3) is 11.0 Å². The van der Waals surface area contributed by atoms with Gasteiger partial charge in [0, 0.05) is 16.6 Å². The van der Waals surface area contributed by atoms with Gasteiger partial charge in [-0.1, -0.05) is 0 Å². The Morgan fingerprint density at radius 1 is 1.07 bits per heavy atom. The normalized spacial score (nSPS) is 11.5. The zero-order valence-corrected chi connectivity index (χ0v) is 16.6. The lowest BCUT2D eigenvalue weighted by Gasteiger charge is -2.09. The van der Waals surface area contributed by atoms with Gasteiger partial charge in [-0.05, 0) is 49.4 Å². The van der Waals surface area contributed by atoms with Crippen LogP contribution in [0.2, 0.25) is 0 Å². The molecule has 4 rings (SSSR count). The van der Waals surface area contributed by atoms with Gasteiger partial charge in [0.25, 0.3) is 15.9 Å². The molecule has 9 nitrogen and oxygen atoms in total. The van der Waals surface area contributed by atoms with Crippen LogP contribution in [-0.2, 0) is 10.0 Å². The summed E-state index contributed by atoms with van der Waals surface area (Å²) in [4.78, 5) is 32.8. The summed E-state index contributed by atoms with van der Waals surface area (Å²) in [6.07, 6.45) is 0. The third-order valence-electron chi connectivity index (χ3n) is 4.04. The lowest BCUT2D eigenvalue weighted by molar-refractivity contribution is 0.102. The monoisotopic (exact) mass is 429 g/mol. The number of amides is 1. The summed E-state index contributed by atoms with van der Waals surface area (Å²) < 4.78 is 27.7. The van der Waals surface area contributed by atoms with Crippen LogP contribution in [0.3, 0.4) is 0 Å². The molecule has 0 bridgehead atoms. The van der Waals surface area contributed by atoms with Crippen LogP contribution in [0.4, 0.5) is 10.8 Å². The Morgan fingerprint density at radius 2 is 1.79 bits per heavy atom. The van der Waals surface area contributed by atoms with E-state index in [0.29, 0.717) is 27.4 Å². The molecule has 1 amide bonds. The van der Waals surface area contributed by atoms with Gasteiger partial charge in [-0.2, -0.15) is 0 Å². The predicted molar refractivity (Wildman–Crippen MR) is 111 cm³/mol. The highest BCUT2D eigenvalue weighted by atomic mass is 32.2.